The average Bonchev–Trinajstić information content (AvgIpc) is 2.81. The zero-order chi connectivity index (χ0) is 14.1. The molecule has 0 saturated carbocycles. The Hall–Kier alpha value is -2.67. The Balaban J connectivity index is 1.99. The second-order valence-electron chi connectivity index (χ2n) is 4.59. The van der Waals surface area contributed by atoms with Gasteiger partial charge in [-0.05, 0) is 24.6 Å². The summed E-state index contributed by atoms with van der Waals surface area (Å²) in [5, 5.41) is 8.83. The van der Waals surface area contributed by atoms with E-state index in [0.717, 1.165) is 11.6 Å². The second kappa shape index (κ2) is 4.78. The van der Waals surface area contributed by atoms with E-state index in [4.69, 9.17) is 10.00 Å². The zero-order valence-corrected chi connectivity index (χ0v) is 10.5. The Kier molecular flexibility index (Phi) is 2.96. The number of nitriles is 1. The van der Waals surface area contributed by atoms with E-state index in [1.807, 2.05) is 6.07 Å². The van der Waals surface area contributed by atoms with Crippen LogP contribution in [-0.4, -0.2) is 5.78 Å². The number of carbonyl (C=O) groups is 1. The van der Waals surface area contributed by atoms with Crippen molar-refractivity contribution in [2.45, 2.75) is 12.8 Å². The van der Waals surface area contributed by atoms with Crippen molar-refractivity contribution in [2.24, 2.45) is 0 Å². The number of nitrogens with zero attached hydrogens (tertiary/aromatic N) is 1. The molecule has 20 heavy (non-hydrogen) atoms. The van der Waals surface area contributed by atoms with Gasteiger partial charge in [0, 0.05) is 23.6 Å². The number of hydrogen-bond donors (Lipinski definition) is 0. The maximum atomic E-state index is 13.4. The maximum Gasteiger partial charge on any atom is 0.163 e. The first-order valence-electron chi connectivity index (χ1n) is 6.21. The normalized spacial score (nSPS) is 12.9. The van der Waals surface area contributed by atoms with Crippen LogP contribution >= 0.6 is 0 Å². The van der Waals surface area contributed by atoms with Gasteiger partial charge in [-0.25, -0.2) is 4.39 Å². The molecule has 2 aromatic rings. The lowest BCUT2D eigenvalue weighted by Crippen LogP contribution is -1.94. The van der Waals surface area contributed by atoms with E-state index in [-0.39, 0.29) is 17.1 Å². The van der Waals surface area contributed by atoms with Crippen molar-refractivity contribution in [3.63, 3.8) is 0 Å². The van der Waals surface area contributed by atoms with Crippen molar-refractivity contribution in [1.82, 2.24) is 0 Å². The number of fused-ring (bicyclic) bond motifs is 1. The second-order valence-corrected chi connectivity index (χ2v) is 4.59. The van der Waals surface area contributed by atoms with E-state index >= 15 is 0 Å². The molecule has 98 valence electrons. The molecule has 0 heterocycles. The van der Waals surface area contributed by atoms with Gasteiger partial charge in [0.2, 0.25) is 0 Å². The van der Waals surface area contributed by atoms with Crippen molar-refractivity contribution >= 4 is 5.78 Å². The number of ketones is 1. The summed E-state index contributed by atoms with van der Waals surface area (Å²) in [6, 6.07) is 11.0. The number of Topliss-reactive ketones (excluding diaryl/α,β-unsaturated/α-hetero) is 1. The minimum Gasteiger partial charge on any atom is -0.457 e. The fraction of sp³-hybridized carbons (Fsp3) is 0.125. The third-order valence-electron chi connectivity index (χ3n) is 3.26. The smallest absolute Gasteiger partial charge is 0.163 e. The Morgan fingerprint density at radius 1 is 1.20 bits per heavy atom. The number of carbonyl (C=O) groups excluding carboxylic acids is 1. The molecule has 1 aliphatic rings. The van der Waals surface area contributed by atoms with Crippen molar-refractivity contribution in [3.05, 3.63) is 58.9 Å². The lowest BCUT2D eigenvalue weighted by Gasteiger charge is -2.10. The minimum atomic E-state index is -0.525. The monoisotopic (exact) mass is 267 g/mol. The highest BCUT2D eigenvalue weighted by Crippen LogP contribution is 2.33. The largest absolute Gasteiger partial charge is 0.457 e. The predicted molar refractivity (Wildman–Crippen MR) is 70.3 cm³/mol. The van der Waals surface area contributed by atoms with Crippen LogP contribution in [0.5, 0.6) is 11.5 Å². The van der Waals surface area contributed by atoms with Gasteiger partial charge >= 0.3 is 0 Å². The Bertz CT molecular complexity index is 747. The van der Waals surface area contributed by atoms with Gasteiger partial charge in [0.1, 0.15) is 17.3 Å². The van der Waals surface area contributed by atoms with Crippen LogP contribution in [0, 0.1) is 17.1 Å². The molecule has 0 radical (unpaired) electrons. The van der Waals surface area contributed by atoms with Crippen LogP contribution in [0.25, 0.3) is 0 Å². The van der Waals surface area contributed by atoms with E-state index in [2.05, 4.69) is 0 Å². The number of rotatable bonds is 2. The standard InChI is InChI=1S/C16H10FNO2/c17-11-6-10(9-18)7-12(8-11)20-16-3-1-2-13-14(16)4-5-15(13)19/h1-3,6-8H,4-5H2. The summed E-state index contributed by atoms with van der Waals surface area (Å²) in [6.07, 6.45) is 1.10. The molecule has 0 bridgehead atoms. The topological polar surface area (TPSA) is 50.1 Å². The Morgan fingerprint density at radius 2 is 2.05 bits per heavy atom. The van der Waals surface area contributed by atoms with Crippen molar-refractivity contribution in [2.75, 3.05) is 0 Å². The fourth-order valence-electron chi connectivity index (χ4n) is 2.37. The van der Waals surface area contributed by atoms with Gasteiger partial charge in [0.25, 0.3) is 0 Å². The summed E-state index contributed by atoms with van der Waals surface area (Å²) in [6.45, 7) is 0. The number of halogens is 1. The highest BCUT2D eigenvalue weighted by molar-refractivity contribution is 6.01. The molecule has 0 fully saturated rings. The van der Waals surface area contributed by atoms with E-state index in [1.54, 1.807) is 18.2 Å². The Morgan fingerprint density at radius 3 is 2.85 bits per heavy atom. The van der Waals surface area contributed by atoms with Crippen molar-refractivity contribution < 1.29 is 13.9 Å². The minimum absolute atomic E-state index is 0.0995. The van der Waals surface area contributed by atoms with Gasteiger partial charge in [0.15, 0.2) is 5.78 Å². The van der Waals surface area contributed by atoms with Gasteiger partial charge in [0.05, 0.1) is 11.6 Å². The van der Waals surface area contributed by atoms with Crippen LogP contribution in [0.1, 0.15) is 27.9 Å². The summed E-state index contributed by atoms with van der Waals surface area (Å²) >= 11 is 0. The lowest BCUT2D eigenvalue weighted by molar-refractivity contribution is 0.0994. The molecule has 0 saturated heterocycles. The molecular formula is C16H10FNO2. The quantitative estimate of drug-likeness (QED) is 0.835. The first-order valence-corrected chi connectivity index (χ1v) is 6.21. The van der Waals surface area contributed by atoms with E-state index in [1.165, 1.54) is 12.1 Å². The van der Waals surface area contributed by atoms with Crippen LogP contribution in [0.4, 0.5) is 4.39 Å². The van der Waals surface area contributed by atoms with E-state index in [9.17, 15) is 9.18 Å². The number of benzene rings is 2. The summed E-state index contributed by atoms with van der Waals surface area (Å²) in [4.78, 5) is 11.7. The summed E-state index contributed by atoms with van der Waals surface area (Å²) < 4.78 is 19.0. The lowest BCUT2D eigenvalue weighted by atomic mass is 10.1. The van der Waals surface area contributed by atoms with Crippen LogP contribution < -0.4 is 4.74 Å². The molecule has 1 aliphatic carbocycles. The molecule has 0 amide bonds. The van der Waals surface area contributed by atoms with Crippen LogP contribution in [0.15, 0.2) is 36.4 Å². The number of hydrogen-bond acceptors (Lipinski definition) is 3. The van der Waals surface area contributed by atoms with Gasteiger partial charge in [-0.15, -0.1) is 0 Å². The molecule has 0 N–H and O–H groups in total. The molecule has 0 atom stereocenters. The summed E-state index contributed by atoms with van der Waals surface area (Å²) in [5.74, 6) is 0.377. The van der Waals surface area contributed by atoms with Gasteiger partial charge in [-0.3, -0.25) is 4.79 Å². The molecule has 3 rings (SSSR count). The molecule has 0 aromatic heterocycles. The van der Waals surface area contributed by atoms with E-state index in [0.29, 0.717) is 24.2 Å². The van der Waals surface area contributed by atoms with Gasteiger partial charge in [-0.2, -0.15) is 5.26 Å². The molecule has 3 nitrogen and oxygen atoms in total. The van der Waals surface area contributed by atoms with Crippen molar-refractivity contribution in [1.29, 1.82) is 5.26 Å². The zero-order valence-electron chi connectivity index (χ0n) is 10.5. The molecule has 0 aliphatic heterocycles. The third-order valence-corrected chi connectivity index (χ3v) is 3.26. The van der Waals surface area contributed by atoms with Crippen LogP contribution in [0.3, 0.4) is 0 Å². The highest BCUT2D eigenvalue weighted by Gasteiger charge is 2.22. The molecule has 0 unspecified atom stereocenters. The van der Waals surface area contributed by atoms with Crippen LogP contribution in [0.2, 0.25) is 0 Å². The third kappa shape index (κ3) is 2.14. The molecular weight excluding hydrogens is 257 g/mol. The molecule has 0 spiro atoms. The van der Waals surface area contributed by atoms with Crippen molar-refractivity contribution in [3.8, 4) is 17.6 Å². The molecule has 4 heteroatoms. The number of ether oxygens (including phenoxy) is 1. The highest BCUT2D eigenvalue weighted by atomic mass is 19.1. The van der Waals surface area contributed by atoms with E-state index < -0.39 is 5.82 Å². The van der Waals surface area contributed by atoms with Crippen LogP contribution in [-0.2, 0) is 6.42 Å². The maximum absolute atomic E-state index is 13.4. The summed E-state index contributed by atoms with van der Waals surface area (Å²) in [7, 11) is 0. The average molecular weight is 267 g/mol. The Labute approximate surface area is 115 Å². The van der Waals surface area contributed by atoms with Gasteiger partial charge in [-0.1, -0.05) is 12.1 Å². The molecule has 2 aromatic carbocycles. The first-order chi connectivity index (χ1) is 9.67. The predicted octanol–water partition coefficient (Wildman–Crippen LogP) is 3.62. The van der Waals surface area contributed by atoms with Gasteiger partial charge < -0.3 is 4.74 Å². The first kappa shape index (κ1) is 12.4. The SMILES string of the molecule is N#Cc1cc(F)cc(Oc2cccc3c2CCC3=O)c1. The fourth-order valence-corrected chi connectivity index (χ4v) is 2.37. The summed E-state index contributed by atoms with van der Waals surface area (Å²) in [5.41, 5.74) is 1.71.